The van der Waals surface area contributed by atoms with Crippen molar-refractivity contribution in [1.29, 1.82) is 0 Å². The molecule has 0 spiro atoms. The summed E-state index contributed by atoms with van der Waals surface area (Å²) in [6.07, 6.45) is 1.04. The van der Waals surface area contributed by atoms with Crippen LogP contribution in [0.15, 0.2) is 54.6 Å². The van der Waals surface area contributed by atoms with Crippen molar-refractivity contribution in [2.45, 2.75) is 32.0 Å². The van der Waals surface area contributed by atoms with Gasteiger partial charge in [0.15, 0.2) is 5.72 Å². The average molecular weight is 454 g/mol. The molecule has 0 aliphatic carbocycles. The van der Waals surface area contributed by atoms with Gasteiger partial charge < -0.3 is 19.5 Å². The predicted octanol–water partition coefficient (Wildman–Crippen LogP) is 2.81. The molecule has 6 heteroatoms. The zero-order valence-corrected chi connectivity index (χ0v) is 20.2. The standard InChI is InChI=1S/C27H39N3O3/c1-23(2)30-19-21-33-27(30,25-6-4-3-5-7-25)22-32-26-10-8-24(9-11-26)12-13-28-14-16-29(17-15-28)18-20-31/h3-11,23,31H,12-22H2,1-2H3. The second-order valence-electron chi connectivity index (χ2n) is 9.38. The summed E-state index contributed by atoms with van der Waals surface area (Å²) in [6.45, 7) is 12.9. The summed E-state index contributed by atoms with van der Waals surface area (Å²) in [5.74, 6) is 0.880. The van der Waals surface area contributed by atoms with Gasteiger partial charge in [0.1, 0.15) is 12.4 Å². The van der Waals surface area contributed by atoms with Gasteiger partial charge in [0, 0.05) is 57.4 Å². The maximum Gasteiger partial charge on any atom is 0.182 e. The van der Waals surface area contributed by atoms with Crippen molar-refractivity contribution in [3.05, 3.63) is 65.7 Å². The predicted molar refractivity (Wildman–Crippen MR) is 132 cm³/mol. The minimum Gasteiger partial charge on any atom is -0.489 e. The summed E-state index contributed by atoms with van der Waals surface area (Å²) in [5.41, 5.74) is 1.93. The van der Waals surface area contributed by atoms with Crippen LogP contribution in [-0.2, 0) is 16.9 Å². The normalized spacial score (nSPS) is 22.8. The third-order valence-corrected chi connectivity index (χ3v) is 6.94. The molecular formula is C27H39N3O3. The van der Waals surface area contributed by atoms with Gasteiger partial charge >= 0.3 is 0 Å². The fourth-order valence-electron chi connectivity index (χ4n) is 5.01. The lowest BCUT2D eigenvalue weighted by Gasteiger charge is -2.39. The molecule has 4 rings (SSSR count). The van der Waals surface area contributed by atoms with E-state index >= 15 is 0 Å². The lowest BCUT2D eigenvalue weighted by atomic mass is 10.0. The van der Waals surface area contributed by atoms with E-state index in [1.54, 1.807) is 0 Å². The number of hydrogen-bond acceptors (Lipinski definition) is 6. The number of β-amino-alcohol motifs (C(OH)–C–C–N with tert-alkyl or cyclic N) is 1. The van der Waals surface area contributed by atoms with Crippen LogP contribution in [0.25, 0.3) is 0 Å². The number of ether oxygens (including phenoxy) is 2. The molecule has 2 aliphatic rings. The van der Waals surface area contributed by atoms with Crippen LogP contribution in [0.3, 0.4) is 0 Å². The van der Waals surface area contributed by atoms with Crippen LogP contribution >= 0.6 is 0 Å². The molecule has 0 aromatic heterocycles. The Morgan fingerprint density at radius 1 is 0.909 bits per heavy atom. The highest BCUT2D eigenvalue weighted by Gasteiger charge is 2.46. The Labute approximate surface area is 198 Å². The molecule has 2 aromatic carbocycles. The van der Waals surface area contributed by atoms with E-state index in [4.69, 9.17) is 14.6 Å². The number of hydrogen-bond donors (Lipinski definition) is 1. The molecule has 1 unspecified atom stereocenters. The Kier molecular flexibility index (Phi) is 8.39. The van der Waals surface area contributed by atoms with Crippen molar-refractivity contribution < 1.29 is 14.6 Å². The first-order chi connectivity index (χ1) is 16.1. The third kappa shape index (κ3) is 5.94. The molecule has 2 aromatic rings. The van der Waals surface area contributed by atoms with Gasteiger partial charge in [-0.3, -0.25) is 9.80 Å². The van der Waals surface area contributed by atoms with Crippen LogP contribution in [0.2, 0.25) is 0 Å². The highest BCUT2D eigenvalue weighted by Crippen LogP contribution is 2.36. The fraction of sp³-hybridized carbons (Fsp3) is 0.556. The van der Waals surface area contributed by atoms with E-state index in [0.717, 1.165) is 63.5 Å². The van der Waals surface area contributed by atoms with E-state index < -0.39 is 5.72 Å². The average Bonchev–Trinajstić information content (AvgIpc) is 3.29. The van der Waals surface area contributed by atoms with Crippen LogP contribution in [-0.4, -0.2) is 91.5 Å². The van der Waals surface area contributed by atoms with Gasteiger partial charge in [-0.05, 0) is 38.0 Å². The lowest BCUT2D eigenvalue weighted by Crippen LogP contribution is -2.50. The first kappa shape index (κ1) is 24.2. The number of rotatable bonds is 10. The highest BCUT2D eigenvalue weighted by atomic mass is 16.6. The molecule has 33 heavy (non-hydrogen) atoms. The number of aliphatic hydroxyl groups is 1. The van der Waals surface area contributed by atoms with E-state index in [-0.39, 0.29) is 6.61 Å². The zero-order valence-electron chi connectivity index (χ0n) is 20.2. The first-order valence-electron chi connectivity index (χ1n) is 12.3. The van der Waals surface area contributed by atoms with Crippen LogP contribution in [0.4, 0.5) is 0 Å². The Hall–Kier alpha value is -1.96. The minimum atomic E-state index is -0.549. The van der Waals surface area contributed by atoms with Crippen LogP contribution in [0.5, 0.6) is 5.75 Å². The van der Waals surface area contributed by atoms with E-state index in [0.29, 0.717) is 19.3 Å². The molecule has 2 aliphatic heterocycles. The van der Waals surface area contributed by atoms with Gasteiger partial charge in [-0.2, -0.15) is 0 Å². The monoisotopic (exact) mass is 453 g/mol. The lowest BCUT2D eigenvalue weighted by molar-refractivity contribution is -0.126. The molecule has 0 amide bonds. The largest absolute Gasteiger partial charge is 0.489 e. The second-order valence-corrected chi connectivity index (χ2v) is 9.38. The number of nitrogens with zero attached hydrogens (tertiary/aromatic N) is 3. The molecule has 1 atom stereocenters. The topological polar surface area (TPSA) is 48.4 Å². The van der Waals surface area contributed by atoms with Gasteiger partial charge in [-0.1, -0.05) is 42.5 Å². The molecule has 0 radical (unpaired) electrons. The van der Waals surface area contributed by atoms with Crippen LogP contribution in [0.1, 0.15) is 25.0 Å². The van der Waals surface area contributed by atoms with E-state index in [1.807, 2.05) is 6.07 Å². The van der Waals surface area contributed by atoms with Crippen molar-refractivity contribution >= 4 is 0 Å². The summed E-state index contributed by atoms with van der Waals surface area (Å²) < 4.78 is 12.7. The van der Waals surface area contributed by atoms with Crippen molar-refractivity contribution in [3.63, 3.8) is 0 Å². The zero-order chi connectivity index (χ0) is 23.1. The summed E-state index contributed by atoms with van der Waals surface area (Å²) in [5, 5.41) is 9.09. The van der Waals surface area contributed by atoms with Crippen molar-refractivity contribution in [1.82, 2.24) is 14.7 Å². The van der Waals surface area contributed by atoms with Crippen molar-refractivity contribution in [2.75, 3.05) is 65.6 Å². The Balaban J connectivity index is 1.33. The molecule has 0 saturated carbocycles. The quantitative estimate of drug-likeness (QED) is 0.597. The highest BCUT2D eigenvalue weighted by molar-refractivity contribution is 5.29. The second kappa shape index (κ2) is 11.4. The number of piperazine rings is 1. The van der Waals surface area contributed by atoms with Crippen LogP contribution < -0.4 is 4.74 Å². The maximum atomic E-state index is 9.09. The minimum absolute atomic E-state index is 0.252. The van der Waals surface area contributed by atoms with E-state index in [9.17, 15) is 0 Å². The fourth-order valence-corrected chi connectivity index (χ4v) is 5.01. The van der Waals surface area contributed by atoms with Gasteiger partial charge in [0.25, 0.3) is 0 Å². The molecule has 1 N–H and O–H groups in total. The molecule has 0 bridgehead atoms. The Bertz CT molecular complexity index is 837. The molecule has 6 nitrogen and oxygen atoms in total. The van der Waals surface area contributed by atoms with Gasteiger partial charge in [-0.15, -0.1) is 0 Å². The third-order valence-electron chi connectivity index (χ3n) is 6.94. The van der Waals surface area contributed by atoms with Gasteiger partial charge in [0.2, 0.25) is 0 Å². The molecule has 2 saturated heterocycles. The molecule has 2 heterocycles. The molecule has 2 fully saturated rings. The van der Waals surface area contributed by atoms with Gasteiger partial charge in [0.05, 0.1) is 13.2 Å². The van der Waals surface area contributed by atoms with E-state index in [1.165, 1.54) is 5.56 Å². The van der Waals surface area contributed by atoms with Crippen LogP contribution in [0, 0.1) is 0 Å². The summed E-state index contributed by atoms with van der Waals surface area (Å²) in [4.78, 5) is 7.25. The summed E-state index contributed by atoms with van der Waals surface area (Å²) in [7, 11) is 0. The smallest absolute Gasteiger partial charge is 0.182 e. The SMILES string of the molecule is CC(C)N1CCOC1(COc1ccc(CCN2CCN(CCO)CC2)cc1)c1ccccc1. The van der Waals surface area contributed by atoms with Crippen molar-refractivity contribution in [2.24, 2.45) is 0 Å². The molecular weight excluding hydrogens is 414 g/mol. The van der Waals surface area contributed by atoms with E-state index in [2.05, 4.69) is 77.1 Å². The van der Waals surface area contributed by atoms with Gasteiger partial charge in [-0.25, -0.2) is 0 Å². The number of benzene rings is 2. The Morgan fingerprint density at radius 3 is 2.21 bits per heavy atom. The molecule has 180 valence electrons. The Morgan fingerprint density at radius 2 is 1.58 bits per heavy atom. The maximum absolute atomic E-state index is 9.09. The van der Waals surface area contributed by atoms with Crippen molar-refractivity contribution in [3.8, 4) is 5.75 Å². The summed E-state index contributed by atoms with van der Waals surface area (Å²) in [6, 6.07) is 19.4. The number of aliphatic hydroxyl groups excluding tert-OH is 1. The first-order valence-corrected chi connectivity index (χ1v) is 12.3. The summed E-state index contributed by atoms with van der Waals surface area (Å²) >= 11 is 0.